The molecule has 4 bridgehead atoms. The molecule has 1 saturated carbocycles. The molecule has 9 heteroatoms. The monoisotopic (exact) mass is 572 g/mol. The molecule has 2 spiro atoms. The lowest BCUT2D eigenvalue weighted by molar-refractivity contribution is -0.166. The van der Waals surface area contributed by atoms with Crippen LogP contribution in [0.1, 0.15) is 47.9 Å². The Bertz CT molecular complexity index is 1590. The lowest BCUT2D eigenvalue weighted by atomic mass is 9.49. The Balaban J connectivity index is 0.000000119. The van der Waals surface area contributed by atoms with Crippen LogP contribution >= 0.6 is 0 Å². The maximum absolute atomic E-state index is 12.4. The van der Waals surface area contributed by atoms with Crippen LogP contribution in [-0.4, -0.2) is 87.2 Å². The SMILES string of the molecule is CN1CC[C@]23c4c5ccc(O)c4O[C@H]2[C@@H](O)C=CC3[C@H]1C5.O=C1CC[C@@]2(O)[C@H]3Cc4ccc(O)c5c4[C@@]2(CCN3)[C@H]1O5. The van der Waals surface area contributed by atoms with Crippen molar-refractivity contribution < 1.29 is 34.7 Å². The number of nitrogens with zero attached hydrogens (tertiary/aromatic N) is 1. The number of carbonyl (C=O) groups is 1. The number of phenols is 2. The van der Waals surface area contributed by atoms with E-state index in [1.807, 2.05) is 18.2 Å². The van der Waals surface area contributed by atoms with E-state index < -0.39 is 23.2 Å². The van der Waals surface area contributed by atoms with Gasteiger partial charge in [0.25, 0.3) is 0 Å². The van der Waals surface area contributed by atoms with E-state index in [9.17, 15) is 25.2 Å². The first-order chi connectivity index (χ1) is 20.2. The molecule has 1 unspecified atom stereocenters. The van der Waals surface area contributed by atoms with E-state index >= 15 is 0 Å². The van der Waals surface area contributed by atoms with Crippen molar-refractivity contribution >= 4 is 5.78 Å². The van der Waals surface area contributed by atoms with Crippen LogP contribution in [0.3, 0.4) is 0 Å². The van der Waals surface area contributed by atoms with Gasteiger partial charge < -0.3 is 40.1 Å². The summed E-state index contributed by atoms with van der Waals surface area (Å²) in [5.41, 5.74) is 2.62. The third-order valence-corrected chi connectivity index (χ3v) is 12.2. The topological polar surface area (TPSA) is 132 Å². The Kier molecular flexibility index (Phi) is 4.88. The van der Waals surface area contributed by atoms with Crippen molar-refractivity contribution in [3.63, 3.8) is 0 Å². The number of benzene rings is 2. The molecule has 2 aromatic rings. The summed E-state index contributed by atoms with van der Waals surface area (Å²) in [5, 5.41) is 45.7. The summed E-state index contributed by atoms with van der Waals surface area (Å²) < 4.78 is 12.0. The van der Waals surface area contributed by atoms with Crippen LogP contribution in [0.15, 0.2) is 36.4 Å². The van der Waals surface area contributed by atoms with E-state index in [1.54, 1.807) is 12.1 Å². The molecular formula is C33H36N2O7. The Morgan fingerprint density at radius 2 is 1.69 bits per heavy atom. The van der Waals surface area contributed by atoms with Crippen LogP contribution in [0, 0.1) is 5.92 Å². The zero-order chi connectivity index (χ0) is 28.8. The number of rotatable bonds is 0. The molecule has 0 aromatic heterocycles. The zero-order valence-corrected chi connectivity index (χ0v) is 23.5. The summed E-state index contributed by atoms with van der Waals surface area (Å²) in [5.74, 6) is 1.73. The first-order valence-electron chi connectivity index (χ1n) is 15.3. The van der Waals surface area contributed by atoms with E-state index in [0.717, 1.165) is 37.1 Å². The minimum absolute atomic E-state index is 0.0452. The second-order valence-corrected chi connectivity index (χ2v) is 13.7. The molecule has 10 rings (SSSR count). The summed E-state index contributed by atoms with van der Waals surface area (Å²) in [4.78, 5) is 14.9. The second-order valence-electron chi connectivity index (χ2n) is 13.7. The number of likely N-dealkylation sites (tertiary alicyclic amines) is 1. The van der Waals surface area contributed by atoms with Crippen LogP contribution in [0.25, 0.3) is 0 Å². The number of hydrogen-bond acceptors (Lipinski definition) is 9. The molecular weight excluding hydrogens is 536 g/mol. The van der Waals surface area contributed by atoms with E-state index in [1.165, 1.54) is 11.1 Å². The fraction of sp³-hybridized carbons (Fsp3) is 0.545. The van der Waals surface area contributed by atoms with Crippen molar-refractivity contribution in [2.24, 2.45) is 5.92 Å². The standard InChI is InChI=1S/C17H19NO3.C16H17NO4/c1-18-7-6-17-10-3-5-13(20)16(17)21-15-12(19)4-2-9(14(15)17)8-11(10)18;18-9-2-1-8-7-11-16(20)4-3-10(19)14-15(16,5-6-17-11)12(8)13(9)21-14/h2-5,10-11,13,16,19-20H,6-8H2,1H3;1-2,11,14,17-18,20H,3-7H2/t10?,11-,13+,16+,17+;11-,14+,15+,16-/m11/s1. The van der Waals surface area contributed by atoms with Crippen LogP contribution in [0.4, 0.5) is 0 Å². The number of ether oxygens (including phenoxy) is 2. The third kappa shape index (κ3) is 2.73. The molecule has 9 nitrogen and oxygen atoms in total. The number of ketones is 1. The van der Waals surface area contributed by atoms with Gasteiger partial charge in [0.1, 0.15) is 12.2 Å². The van der Waals surface area contributed by atoms with Crippen molar-refractivity contribution in [3.05, 3.63) is 58.7 Å². The molecule has 9 atom stereocenters. The van der Waals surface area contributed by atoms with Gasteiger partial charge in [0.15, 0.2) is 34.9 Å². The van der Waals surface area contributed by atoms with Crippen molar-refractivity contribution in [3.8, 4) is 23.0 Å². The Morgan fingerprint density at radius 1 is 0.952 bits per heavy atom. The number of aliphatic hydroxyl groups excluding tert-OH is 1. The number of likely N-dealkylation sites (N-methyl/N-ethyl adjacent to an activating group) is 1. The number of hydrogen-bond donors (Lipinski definition) is 5. The van der Waals surface area contributed by atoms with E-state index in [4.69, 9.17) is 9.47 Å². The third-order valence-electron chi connectivity index (χ3n) is 12.2. The molecule has 2 aromatic carbocycles. The highest BCUT2D eigenvalue weighted by Crippen LogP contribution is 2.64. The lowest BCUT2D eigenvalue weighted by Gasteiger charge is -2.59. The second kappa shape index (κ2) is 8.08. The van der Waals surface area contributed by atoms with Crippen LogP contribution in [0.5, 0.6) is 23.0 Å². The van der Waals surface area contributed by atoms with Crippen LogP contribution < -0.4 is 14.8 Å². The van der Waals surface area contributed by atoms with Crippen molar-refractivity contribution in [2.45, 2.75) is 85.4 Å². The van der Waals surface area contributed by atoms with Gasteiger partial charge in [0.2, 0.25) is 0 Å². The Labute approximate surface area is 243 Å². The number of aromatic hydroxyl groups is 2. The summed E-state index contributed by atoms with van der Waals surface area (Å²) in [6, 6.07) is 7.71. The minimum Gasteiger partial charge on any atom is -0.504 e. The smallest absolute Gasteiger partial charge is 0.174 e. The summed E-state index contributed by atoms with van der Waals surface area (Å²) >= 11 is 0. The average molecular weight is 573 g/mol. The molecule has 4 aliphatic carbocycles. The maximum Gasteiger partial charge on any atom is 0.174 e. The predicted octanol–water partition coefficient (Wildman–Crippen LogP) is 1.60. The molecule has 5 N–H and O–H groups in total. The number of aliphatic hydroxyl groups is 2. The first kappa shape index (κ1) is 25.4. The number of carbonyl (C=O) groups excluding carboxylic acids is 1. The number of phenolic OH excluding ortho intramolecular Hbond substituents is 2. The van der Waals surface area contributed by atoms with Gasteiger partial charge >= 0.3 is 0 Å². The van der Waals surface area contributed by atoms with Crippen molar-refractivity contribution in [1.82, 2.24) is 10.2 Å². The molecule has 3 fully saturated rings. The Morgan fingerprint density at radius 3 is 2.48 bits per heavy atom. The molecule has 0 radical (unpaired) electrons. The van der Waals surface area contributed by atoms with E-state index in [2.05, 4.69) is 23.3 Å². The van der Waals surface area contributed by atoms with Crippen molar-refractivity contribution in [1.29, 1.82) is 0 Å². The molecule has 4 heterocycles. The summed E-state index contributed by atoms with van der Waals surface area (Å²) in [6.45, 7) is 1.77. The lowest BCUT2D eigenvalue weighted by Crippen LogP contribution is -2.76. The fourth-order valence-electron chi connectivity index (χ4n) is 10.5. The number of piperidine rings is 2. The van der Waals surface area contributed by atoms with Gasteiger partial charge in [-0.2, -0.15) is 0 Å². The highest BCUT2D eigenvalue weighted by Gasteiger charge is 2.72. The van der Waals surface area contributed by atoms with Gasteiger partial charge in [0, 0.05) is 41.0 Å². The Hall–Kier alpha value is -3.11. The average Bonchev–Trinajstić information content (AvgIpc) is 3.51. The normalized spacial score (nSPS) is 42.5. The molecule has 220 valence electrons. The summed E-state index contributed by atoms with van der Waals surface area (Å²) in [6.07, 6.45) is 6.72. The quantitative estimate of drug-likeness (QED) is 0.299. The van der Waals surface area contributed by atoms with Gasteiger partial charge in [-0.1, -0.05) is 24.3 Å². The first-order valence-corrected chi connectivity index (χ1v) is 15.3. The largest absolute Gasteiger partial charge is 0.504 e. The molecule has 2 saturated heterocycles. The maximum atomic E-state index is 12.4. The van der Waals surface area contributed by atoms with Gasteiger partial charge in [-0.25, -0.2) is 0 Å². The van der Waals surface area contributed by atoms with Crippen LogP contribution in [-0.2, 0) is 28.5 Å². The highest BCUT2D eigenvalue weighted by molar-refractivity contribution is 5.90. The fourth-order valence-corrected chi connectivity index (χ4v) is 10.5. The molecule has 8 aliphatic rings. The van der Waals surface area contributed by atoms with Gasteiger partial charge in [0.05, 0.1) is 11.0 Å². The van der Waals surface area contributed by atoms with Gasteiger partial charge in [-0.15, -0.1) is 0 Å². The molecule has 42 heavy (non-hydrogen) atoms. The highest BCUT2D eigenvalue weighted by atomic mass is 16.5. The minimum atomic E-state index is -0.962. The number of Topliss-reactive ketones (excluding diaryl/α,β-unsaturated/α-hetero) is 1. The number of nitrogens with one attached hydrogen (secondary N) is 1. The van der Waals surface area contributed by atoms with Crippen LogP contribution in [0.2, 0.25) is 0 Å². The zero-order valence-electron chi connectivity index (χ0n) is 23.5. The van der Waals surface area contributed by atoms with E-state index in [0.29, 0.717) is 49.1 Å². The van der Waals surface area contributed by atoms with E-state index in [-0.39, 0.29) is 34.8 Å². The van der Waals surface area contributed by atoms with Gasteiger partial charge in [-0.3, -0.25) is 4.79 Å². The predicted molar refractivity (Wildman–Crippen MR) is 151 cm³/mol. The van der Waals surface area contributed by atoms with Crippen molar-refractivity contribution in [2.75, 3.05) is 20.1 Å². The van der Waals surface area contributed by atoms with Gasteiger partial charge in [-0.05, 0) is 75.5 Å². The molecule has 0 amide bonds. The summed E-state index contributed by atoms with van der Waals surface area (Å²) in [7, 11) is 2.19. The molecule has 4 aliphatic heterocycles.